The Kier molecular flexibility index (Phi) is 7.54. The number of nitro groups is 1. The molecule has 11 heteroatoms. The van der Waals surface area contributed by atoms with E-state index in [9.17, 15) is 23.3 Å². The number of benzene rings is 2. The summed E-state index contributed by atoms with van der Waals surface area (Å²) in [5.74, 6) is 0.575. The number of amides is 1. The lowest BCUT2D eigenvalue weighted by atomic mass is 10.1. The molecule has 1 aliphatic heterocycles. The van der Waals surface area contributed by atoms with E-state index < -0.39 is 20.6 Å². The molecule has 1 heterocycles. The quantitative estimate of drug-likeness (QED) is 0.423. The topological polar surface area (TPSA) is 119 Å². The zero-order valence-electron chi connectivity index (χ0n) is 18.8. The summed E-state index contributed by atoms with van der Waals surface area (Å²) in [4.78, 5) is 24.7. The molecule has 3 rings (SSSR count). The van der Waals surface area contributed by atoms with Gasteiger partial charge in [-0.2, -0.15) is 4.31 Å². The number of nitro benzene ring substituents is 1. The minimum atomic E-state index is -3.95. The average molecular weight is 478 g/mol. The Bertz CT molecular complexity index is 1130. The van der Waals surface area contributed by atoms with Gasteiger partial charge >= 0.3 is 5.69 Å². The third-order valence-corrected chi connectivity index (χ3v) is 7.10. The Morgan fingerprint density at radius 1 is 1.12 bits per heavy atom. The maximum absolute atomic E-state index is 13.0. The van der Waals surface area contributed by atoms with Crippen molar-refractivity contribution < 1.29 is 27.6 Å². The number of piperazine rings is 1. The predicted molar refractivity (Wildman–Crippen MR) is 121 cm³/mol. The number of carbonyl (C=O) groups is 1. The van der Waals surface area contributed by atoms with Crippen LogP contribution in [0.1, 0.15) is 19.4 Å². The van der Waals surface area contributed by atoms with Crippen molar-refractivity contribution >= 4 is 21.6 Å². The van der Waals surface area contributed by atoms with Gasteiger partial charge < -0.3 is 14.4 Å². The van der Waals surface area contributed by atoms with Crippen LogP contribution in [-0.2, 0) is 21.2 Å². The van der Waals surface area contributed by atoms with Crippen LogP contribution < -0.4 is 9.47 Å². The van der Waals surface area contributed by atoms with Gasteiger partial charge in [-0.1, -0.05) is 12.1 Å². The zero-order valence-corrected chi connectivity index (χ0v) is 19.6. The van der Waals surface area contributed by atoms with Gasteiger partial charge in [0.05, 0.1) is 29.5 Å². The summed E-state index contributed by atoms with van der Waals surface area (Å²) in [5, 5.41) is 11.2. The molecule has 0 bridgehead atoms. The van der Waals surface area contributed by atoms with Crippen molar-refractivity contribution in [2.24, 2.45) is 0 Å². The molecular weight excluding hydrogens is 450 g/mol. The lowest BCUT2D eigenvalue weighted by Gasteiger charge is -2.34. The normalized spacial score (nSPS) is 14.8. The van der Waals surface area contributed by atoms with Crippen LogP contribution >= 0.6 is 0 Å². The number of rotatable bonds is 8. The number of hydrogen-bond donors (Lipinski definition) is 0. The number of nitrogens with zero attached hydrogens (tertiary/aromatic N) is 3. The minimum Gasteiger partial charge on any atom is -0.491 e. The van der Waals surface area contributed by atoms with E-state index in [2.05, 4.69) is 0 Å². The van der Waals surface area contributed by atoms with Crippen molar-refractivity contribution in [2.45, 2.75) is 31.3 Å². The Morgan fingerprint density at radius 2 is 1.82 bits per heavy atom. The van der Waals surface area contributed by atoms with Gasteiger partial charge in [0.25, 0.3) is 0 Å². The van der Waals surface area contributed by atoms with E-state index >= 15 is 0 Å². The summed E-state index contributed by atoms with van der Waals surface area (Å²) in [7, 11) is -2.67. The van der Waals surface area contributed by atoms with Crippen LogP contribution in [0.2, 0.25) is 0 Å². The summed E-state index contributed by atoms with van der Waals surface area (Å²) in [5.41, 5.74) is 0.398. The van der Waals surface area contributed by atoms with Gasteiger partial charge in [0.2, 0.25) is 15.9 Å². The van der Waals surface area contributed by atoms with Crippen LogP contribution in [0.5, 0.6) is 11.5 Å². The maximum Gasteiger partial charge on any atom is 0.312 e. The van der Waals surface area contributed by atoms with Gasteiger partial charge in [0.1, 0.15) is 5.75 Å². The Balaban J connectivity index is 1.65. The lowest BCUT2D eigenvalue weighted by Crippen LogP contribution is -2.50. The number of carbonyl (C=O) groups excluding carboxylic acids is 1. The van der Waals surface area contributed by atoms with Crippen molar-refractivity contribution in [3.05, 3.63) is 58.1 Å². The van der Waals surface area contributed by atoms with Gasteiger partial charge in [0, 0.05) is 32.2 Å². The van der Waals surface area contributed by atoms with Crippen LogP contribution in [0.25, 0.3) is 0 Å². The summed E-state index contributed by atoms with van der Waals surface area (Å²) in [6.45, 7) is 4.52. The first-order valence-electron chi connectivity index (χ1n) is 10.5. The summed E-state index contributed by atoms with van der Waals surface area (Å²) >= 11 is 0. The molecule has 1 fully saturated rings. The summed E-state index contributed by atoms with van der Waals surface area (Å²) in [6, 6.07) is 10.9. The fraction of sp³-hybridized carbons (Fsp3) is 0.409. The fourth-order valence-electron chi connectivity index (χ4n) is 3.59. The molecule has 0 spiro atoms. The van der Waals surface area contributed by atoms with Crippen LogP contribution in [-0.4, -0.2) is 67.8 Å². The second-order valence-corrected chi connectivity index (χ2v) is 9.80. The Morgan fingerprint density at radius 3 is 2.42 bits per heavy atom. The Hall–Kier alpha value is -3.18. The highest BCUT2D eigenvalue weighted by atomic mass is 32.2. The number of sulfonamides is 1. The smallest absolute Gasteiger partial charge is 0.312 e. The zero-order chi connectivity index (χ0) is 24.2. The van der Waals surface area contributed by atoms with Gasteiger partial charge in [-0.05, 0) is 43.7 Å². The molecular formula is C22H27N3O7S. The van der Waals surface area contributed by atoms with E-state index in [4.69, 9.17) is 9.47 Å². The molecule has 1 saturated heterocycles. The number of hydrogen-bond acceptors (Lipinski definition) is 7. The molecule has 33 heavy (non-hydrogen) atoms. The molecule has 0 saturated carbocycles. The fourth-order valence-corrected chi connectivity index (χ4v) is 5.03. The standard InChI is InChI=1S/C22H27N3O7S/c1-16(2)32-18-6-4-5-17(13-18)14-22(26)23-9-11-24(12-10-23)33(29,30)19-7-8-21(31-3)20(15-19)25(27)28/h4-8,13,15-16H,9-12,14H2,1-3H3. The first-order valence-corrected chi connectivity index (χ1v) is 11.9. The third kappa shape index (κ3) is 5.79. The Labute approximate surface area is 192 Å². The van der Waals surface area contributed by atoms with Gasteiger partial charge in [-0.15, -0.1) is 0 Å². The molecule has 0 radical (unpaired) electrons. The number of ether oxygens (including phenoxy) is 2. The van der Waals surface area contributed by atoms with Crippen molar-refractivity contribution in [3.8, 4) is 11.5 Å². The van der Waals surface area contributed by atoms with Crippen LogP contribution in [0.3, 0.4) is 0 Å². The van der Waals surface area contributed by atoms with Crippen molar-refractivity contribution in [3.63, 3.8) is 0 Å². The molecule has 1 aliphatic rings. The molecule has 0 unspecified atom stereocenters. The monoisotopic (exact) mass is 477 g/mol. The van der Waals surface area contributed by atoms with E-state index in [1.54, 1.807) is 4.90 Å². The van der Waals surface area contributed by atoms with E-state index in [0.29, 0.717) is 5.75 Å². The first-order chi connectivity index (χ1) is 15.6. The molecule has 0 aromatic heterocycles. The molecule has 10 nitrogen and oxygen atoms in total. The molecule has 2 aromatic rings. The highest BCUT2D eigenvalue weighted by Gasteiger charge is 2.32. The van der Waals surface area contributed by atoms with Gasteiger partial charge in [0.15, 0.2) is 5.75 Å². The van der Waals surface area contributed by atoms with Crippen LogP contribution in [0, 0.1) is 10.1 Å². The van der Waals surface area contributed by atoms with E-state index in [1.807, 2.05) is 38.1 Å². The third-order valence-electron chi connectivity index (χ3n) is 5.20. The van der Waals surface area contributed by atoms with Crippen molar-refractivity contribution in [1.82, 2.24) is 9.21 Å². The average Bonchev–Trinajstić information content (AvgIpc) is 2.78. The van der Waals surface area contributed by atoms with Crippen molar-refractivity contribution in [2.75, 3.05) is 33.3 Å². The molecule has 0 N–H and O–H groups in total. The highest BCUT2D eigenvalue weighted by Crippen LogP contribution is 2.30. The largest absolute Gasteiger partial charge is 0.491 e. The summed E-state index contributed by atoms with van der Waals surface area (Å²) in [6.07, 6.45) is 0.213. The SMILES string of the molecule is COc1ccc(S(=O)(=O)N2CCN(C(=O)Cc3cccc(OC(C)C)c3)CC2)cc1[N+](=O)[O-]. The van der Waals surface area contributed by atoms with Crippen molar-refractivity contribution in [1.29, 1.82) is 0 Å². The summed E-state index contributed by atoms with van der Waals surface area (Å²) < 4.78 is 37.8. The van der Waals surface area contributed by atoms with E-state index in [0.717, 1.165) is 11.6 Å². The predicted octanol–water partition coefficient (Wildman–Crippen LogP) is 2.47. The van der Waals surface area contributed by atoms with Crippen LogP contribution in [0.15, 0.2) is 47.4 Å². The van der Waals surface area contributed by atoms with E-state index in [-0.39, 0.29) is 55.3 Å². The molecule has 0 aliphatic carbocycles. The first kappa shape index (κ1) is 24.5. The lowest BCUT2D eigenvalue weighted by molar-refractivity contribution is -0.386. The minimum absolute atomic E-state index is 0.0165. The van der Waals surface area contributed by atoms with E-state index in [1.165, 1.54) is 23.5 Å². The van der Waals surface area contributed by atoms with Gasteiger partial charge in [-0.25, -0.2) is 8.42 Å². The number of methoxy groups -OCH3 is 1. The van der Waals surface area contributed by atoms with Gasteiger partial charge in [-0.3, -0.25) is 14.9 Å². The molecule has 0 atom stereocenters. The highest BCUT2D eigenvalue weighted by molar-refractivity contribution is 7.89. The molecule has 178 valence electrons. The molecule has 2 aromatic carbocycles. The second-order valence-electron chi connectivity index (χ2n) is 7.87. The molecule has 1 amide bonds. The second kappa shape index (κ2) is 10.2. The maximum atomic E-state index is 13.0. The van der Waals surface area contributed by atoms with Crippen LogP contribution in [0.4, 0.5) is 5.69 Å².